The number of hydrogen-bond donors (Lipinski definition) is 3. The second-order valence-electron chi connectivity index (χ2n) is 5.80. The minimum Gasteiger partial charge on any atom is -0.480 e. The number of carbonyl (C=O) groups excluding carboxylic acids is 2. The van der Waals surface area contributed by atoms with Crippen molar-refractivity contribution >= 4 is 35.4 Å². The lowest BCUT2D eigenvalue weighted by atomic mass is 10.1. The maximum absolute atomic E-state index is 12.7. The molecule has 0 saturated carbocycles. The van der Waals surface area contributed by atoms with Gasteiger partial charge in [0, 0.05) is 16.3 Å². The van der Waals surface area contributed by atoms with E-state index in [9.17, 15) is 14.4 Å². The van der Waals surface area contributed by atoms with E-state index in [2.05, 4.69) is 22.3 Å². The number of ether oxygens (including phenoxy) is 1. The quantitative estimate of drug-likeness (QED) is 0.570. The normalized spacial score (nSPS) is 11.4. The van der Waals surface area contributed by atoms with Crippen LogP contribution in [0.25, 0.3) is 5.70 Å². The zero-order valence-electron chi connectivity index (χ0n) is 15.4. The van der Waals surface area contributed by atoms with E-state index in [-0.39, 0.29) is 11.5 Å². The van der Waals surface area contributed by atoms with Crippen LogP contribution in [-0.2, 0) is 9.59 Å². The SMILES string of the molecule is C=C(NC=O)c1cc(Cl)ccc1OC(CC)C(=O)Nn1c(C)cnc(N)c1=O. The highest BCUT2D eigenvalue weighted by Gasteiger charge is 2.22. The van der Waals surface area contributed by atoms with Crippen molar-refractivity contribution in [3.05, 3.63) is 57.6 Å². The zero-order chi connectivity index (χ0) is 20.8. The van der Waals surface area contributed by atoms with E-state index in [0.29, 0.717) is 34.9 Å². The second-order valence-corrected chi connectivity index (χ2v) is 6.23. The molecule has 0 aliphatic heterocycles. The Bertz CT molecular complexity index is 973. The van der Waals surface area contributed by atoms with Gasteiger partial charge in [0.25, 0.3) is 5.91 Å². The molecule has 0 saturated heterocycles. The zero-order valence-corrected chi connectivity index (χ0v) is 16.1. The molecule has 10 heteroatoms. The highest BCUT2D eigenvalue weighted by Crippen LogP contribution is 2.28. The molecule has 1 aromatic heterocycles. The lowest BCUT2D eigenvalue weighted by Crippen LogP contribution is -2.42. The minimum absolute atomic E-state index is 0.240. The van der Waals surface area contributed by atoms with Gasteiger partial charge < -0.3 is 15.8 Å². The number of carbonyl (C=O) groups is 2. The van der Waals surface area contributed by atoms with E-state index in [1.807, 2.05) is 0 Å². The third-order valence-corrected chi connectivity index (χ3v) is 4.05. The number of rotatable bonds is 8. The predicted octanol–water partition coefficient (Wildman–Crippen LogP) is 1.43. The number of aryl methyl sites for hydroxylation is 1. The van der Waals surface area contributed by atoms with Crippen LogP contribution in [0.15, 0.2) is 35.8 Å². The van der Waals surface area contributed by atoms with Crippen molar-refractivity contribution in [1.29, 1.82) is 0 Å². The van der Waals surface area contributed by atoms with Crippen molar-refractivity contribution in [2.75, 3.05) is 11.2 Å². The Labute approximate surface area is 166 Å². The maximum atomic E-state index is 12.7. The molecule has 9 nitrogen and oxygen atoms in total. The van der Waals surface area contributed by atoms with Crippen LogP contribution in [0.4, 0.5) is 5.82 Å². The van der Waals surface area contributed by atoms with Gasteiger partial charge in [-0.25, -0.2) is 9.66 Å². The molecule has 2 aromatic rings. The summed E-state index contributed by atoms with van der Waals surface area (Å²) < 4.78 is 6.82. The monoisotopic (exact) mass is 405 g/mol. The molecule has 0 aliphatic rings. The van der Waals surface area contributed by atoms with Gasteiger partial charge in [0.15, 0.2) is 11.9 Å². The molecule has 2 rings (SSSR count). The smallest absolute Gasteiger partial charge is 0.311 e. The summed E-state index contributed by atoms with van der Waals surface area (Å²) in [6.07, 6.45) is 1.20. The third kappa shape index (κ3) is 4.68. The summed E-state index contributed by atoms with van der Waals surface area (Å²) in [7, 11) is 0. The highest BCUT2D eigenvalue weighted by atomic mass is 35.5. The molecule has 28 heavy (non-hydrogen) atoms. The largest absolute Gasteiger partial charge is 0.480 e. The number of hydrogen-bond acceptors (Lipinski definition) is 6. The average molecular weight is 406 g/mol. The first-order valence-corrected chi connectivity index (χ1v) is 8.66. The average Bonchev–Trinajstić information content (AvgIpc) is 2.67. The van der Waals surface area contributed by atoms with Crippen molar-refractivity contribution in [2.24, 2.45) is 0 Å². The van der Waals surface area contributed by atoms with Crippen molar-refractivity contribution in [1.82, 2.24) is 15.0 Å². The van der Waals surface area contributed by atoms with E-state index < -0.39 is 17.6 Å². The van der Waals surface area contributed by atoms with Gasteiger partial charge in [0.2, 0.25) is 6.41 Å². The fraction of sp³-hybridized carbons (Fsp3) is 0.222. The van der Waals surface area contributed by atoms with Gasteiger partial charge in [-0.05, 0) is 31.5 Å². The fourth-order valence-corrected chi connectivity index (χ4v) is 2.51. The molecule has 1 heterocycles. The van der Waals surface area contributed by atoms with E-state index in [1.165, 1.54) is 6.20 Å². The Kier molecular flexibility index (Phi) is 6.78. The Morgan fingerprint density at radius 3 is 2.86 bits per heavy atom. The summed E-state index contributed by atoms with van der Waals surface area (Å²) in [6.45, 7) is 7.09. The number of aromatic nitrogens is 2. The highest BCUT2D eigenvalue weighted by molar-refractivity contribution is 6.30. The van der Waals surface area contributed by atoms with Crippen molar-refractivity contribution < 1.29 is 14.3 Å². The minimum atomic E-state index is -0.940. The number of nitrogens with zero attached hydrogens (tertiary/aromatic N) is 2. The van der Waals surface area contributed by atoms with Gasteiger partial charge in [0.1, 0.15) is 5.75 Å². The molecule has 148 valence electrons. The summed E-state index contributed by atoms with van der Waals surface area (Å²) >= 11 is 6.00. The van der Waals surface area contributed by atoms with Gasteiger partial charge >= 0.3 is 5.56 Å². The molecule has 1 aromatic carbocycles. The van der Waals surface area contributed by atoms with Crippen LogP contribution < -0.4 is 26.8 Å². The van der Waals surface area contributed by atoms with Crippen molar-refractivity contribution in [3.63, 3.8) is 0 Å². The first-order valence-electron chi connectivity index (χ1n) is 8.29. The van der Waals surface area contributed by atoms with Crippen LogP contribution >= 0.6 is 11.6 Å². The molecule has 0 aliphatic carbocycles. The number of halogens is 1. The van der Waals surface area contributed by atoms with Gasteiger partial charge in [-0.1, -0.05) is 25.1 Å². The Morgan fingerprint density at radius 2 is 2.21 bits per heavy atom. The van der Waals surface area contributed by atoms with Gasteiger partial charge in [-0.3, -0.25) is 19.8 Å². The molecule has 1 atom stereocenters. The lowest BCUT2D eigenvalue weighted by Gasteiger charge is -2.21. The fourth-order valence-electron chi connectivity index (χ4n) is 2.34. The molecule has 1 unspecified atom stereocenters. The van der Waals surface area contributed by atoms with Crippen LogP contribution in [0, 0.1) is 6.92 Å². The number of nitrogens with two attached hydrogens (primary N) is 1. The first kappa shape index (κ1) is 21.0. The van der Waals surface area contributed by atoms with Crippen LogP contribution in [0.5, 0.6) is 5.75 Å². The van der Waals surface area contributed by atoms with Gasteiger partial charge in [-0.2, -0.15) is 0 Å². The molecular formula is C18H20ClN5O4. The lowest BCUT2D eigenvalue weighted by molar-refractivity contribution is -0.123. The Hall–Kier alpha value is -3.33. The number of amides is 2. The van der Waals surface area contributed by atoms with Gasteiger partial charge in [-0.15, -0.1) is 0 Å². The summed E-state index contributed by atoms with van der Waals surface area (Å²) in [5.74, 6) is -0.506. The predicted molar refractivity (Wildman–Crippen MR) is 106 cm³/mol. The summed E-state index contributed by atoms with van der Waals surface area (Å²) in [5.41, 5.74) is 8.43. The third-order valence-electron chi connectivity index (χ3n) is 3.82. The first-order chi connectivity index (χ1) is 13.3. The summed E-state index contributed by atoms with van der Waals surface area (Å²) in [6, 6.07) is 4.70. The van der Waals surface area contributed by atoms with E-state index in [0.717, 1.165) is 4.68 Å². The second kappa shape index (κ2) is 9.05. The van der Waals surface area contributed by atoms with Crippen molar-refractivity contribution in [2.45, 2.75) is 26.4 Å². The topological polar surface area (TPSA) is 128 Å². The summed E-state index contributed by atoms with van der Waals surface area (Å²) in [5, 5.41) is 2.84. The molecular weight excluding hydrogens is 386 g/mol. The standard InChI is InChI=1S/C18H20ClN5O4/c1-4-14(17(26)23-24-10(2)8-21-16(20)18(24)27)28-15-6-5-12(19)7-13(15)11(3)22-9-25/h5-9,14H,3-4H2,1-2H3,(H2,20,21)(H,22,25)(H,23,26). The molecule has 0 bridgehead atoms. The molecule has 2 amide bonds. The molecule has 0 spiro atoms. The number of nitrogens with one attached hydrogen (secondary N) is 2. The van der Waals surface area contributed by atoms with E-state index >= 15 is 0 Å². The van der Waals surface area contributed by atoms with Crippen LogP contribution in [0.3, 0.4) is 0 Å². The molecule has 0 fully saturated rings. The number of anilines is 1. The Balaban J connectivity index is 2.29. The van der Waals surface area contributed by atoms with Crippen LogP contribution in [0.2, 0.25) is 5.02 Å². The van der Waals surface area contributed by atoms with E-state index in [1.54, 1.807) is 32.0 Å². The van der Waals surface area contributed by atoms with Crippen molar-refractivity contribution in [3.8, 4) is 5.75 Å². The van der Waals surface area contributed by atoms with Crippen LogP contribution in [0.1, 0.15) is 24.6 Å². The van der Waals surface area contributed by atoms with E-state index in [4.69, 9.17) is 22.1 Å². The molecule has 0 radical (unpaired) electrons. The number of benzene rings is 1. The van der Waals surface area contributed by atoms with Crippen LogP contribution in [-0.4, -0.2) is 28.1 Å². The Morgan fingerprint density at radius 1 is 1.50 bits per heavy atom. The maximum Gasteiger partial charge on any atom is 0.311 e. The van der Waals surface area contributed by atoms with Gasteiger partial charge in [0.05, 0.1) is 11.9 Å². The number of nitrogen functional groups attached to an aromatic ring is 1. The summed E-state index contributed by atoms with van der Waals surface area (Å²) in [4.78, 5) is 39.2. The molecule has 4 N–H and O–H groups in total.